The summed E-state index contributed by atoms with van der Waals surface area (Å²) >= 11 is 0. The van der Waals surface area contributed by atoms with Gasteiger partial charge in [0.2, 0.25) is 12.7 Å². The van der Waals surface area contributed by atoms with Crippen LogP contribution in [0.5, 0.6) is 11.5 Å². The number of rotatable bonds is 3. The van der Waals surface area contributed by atoms with E-state index in [4.69, 9.17) is 14.7 Å². The van der Waals surface area contributed by atoms with Gasteiger partial charge < -0.3 is 14.8 Å². The van der Waals surface area contributed by atoms with Gasteiger partial charge in [-0.25, -0.2) is 0 Å². The number of ether oxygens (including phenoxy) is 2. The number of hydrogen-bond donors (Lipinski definition) is 1. The van der Waals surface area contributed by atoms with E-state index in [1.54, 1.807) is 13.8 Å². The molecule has 0 aromatic heterocycles. The van der Waals surface area contributed by atoms with Crippen molar-refractivity contribution in [1.82, 2.24) is 5.32 Å². The van der Waals surface area contributed by atoms with E-state index in [1.165, 1.54) is 0 Å². The number of carbonyl (C=O) groups is 1. The Hall–Kier alpha value is -2.22. The van der Waals surface area contributed by atoms with Crippen molar-refractivity contribution in [1.29, 1.82) is 5.26 Å². The molecule has 1 amide bonds. The Bertz CT molecular complexity index is 559. The molecular formula is C14H16N2O3. The average Bonchev–Trinajstić information content (AvgIpc) is 2.82. The predicted molar refractivity (Wildman–Crippen MR) is 68.5 cm³/mol. The van der Waals surface area contributed by atoms with Crippen LogP contribution in [-0.4, -0.2) is 12.7 Å². The maximum atomic E-state index is 11.8. The molecule has 0 saturated carbocycles. The van der Waals surface area contributed by atoms with Gasteiger partial charge in [-0.15, -0.1) is 0 Å². The van der Waals surface area contributed by atoms with E-state index in [1.807, 2.05) is 25.1 Å². The molecule has 5 heteroatoms. The first-order valence-electron chi connectivity index (χ1n) is 6.03. The van der Waals surface area contributed by atoms with Crippen LogP contribution in [0.25, 0.3) is 0 Å². The minimum atomic E-state index is -1.02. The quantitative estimate of drug-likeness (QED) is 0.900. The summed E-state index contributed by atoms with van der Waals surface area (Å²) in [6.07, 6.45) is 0. The van der Waals surface area contributed by atoms with Crippen LogP contribution in [0.15, 0.2) is 12.1 Å². The molecule has 0 fully saturated rings. The Morgan fingerprint density at radius 2 is 2.05 bits per heavy atom. The van der Waals surface area contributed by atoms with Crippen molar-refractivity contribution in [3.05, 3.63) is 23.3 Å². The molecular weight excluding hydrogens is 244 g/mol. The third kappa shape index (κ3) is 2.63. The van der Waals surface area contributed by atoms with Crippen LogP contribution in [0.3, 0.4) is 0 Å². The number of nitrogens with zero attached hydrogens (tertiary/aromatic N) is 1. The summed E-state index contributed by atoms with van der Waals surface area (Å²) in [4.78, 5) is 11.8. The monoisotopic (exact) mass is 260 g/mol. The van der Waals surface area contributed by atoms with Gasteiger partial charge in [-0.2, -0.15) is 5.26 Å². The van der Waals surface area contributed by atoms with Crippen molar-refractivity contribution in [2.75, 3.05) is 6.79 Å². The first-order chi connectivity index (χ1) is 8.94. The number of aryl methyl sites for hydroxylation is 1. The van der Waals surface area contributed by atoms with E-state index in [0.29, 0.717) is 12.3 Å². The maximum Gasteiger partial charge on any atom is 0.240 e. The summed E-state index contributed by atoms with van der Waals surface area (Å²) in [5.74, 6) is 1.13. The fourth-order valence-corrected chi connectivity index (χ4v) is 1.72. The minimum absolute atomic E-state index is 0.228. The van der Waals surface area contributed by atoms with Crippen LogP contribution in [0.2, 0.25) is 0 Å². The van der Waals surface area contributed by atoms with Crippen LogP contribution in [0, 0.1) is 23.7 Å². The van der Waals surface area contributed by atoms with E-state index >= 15 is 0 Å². The number of nitriles is 1. The summed E-state index contributed by atoms with van der Waals surface area (Å²) in [6.45, 7) is 5.72. The molecule has 5 nitrogen and oxygen atoms in total. The van der Waals surface area contributed by atoms with Crippen molar-refractivity contribution in [2.24, 2.45) is 5.41 Å². The molecule has 0 bridgehead atoms. The Kier molecular flexibility index (Phi) is 3.34. The second kappa shape index (κ2) is 4.81. The highest BCUT2D eigenvalue weighted by molar-refractivity contribution is 5.84. The fraction of sp³-hybridized carbons (Fsp3) is 0.429. The standard InChI is InChI=1S/C14H16N2O3/c1-9-4-11-12(19-8-18-11)5-10(9)6-16-13(17)14(2,3)7-15/h4-5H,6,8H2,1-3H3,(H,16,17). The van der Waals surface area contributed by atoms with Gasteiger partial charge in [0, 0.05) is 6.54 Å². The molecule has 0 saturated heterocycles. The van der Waals surface area contributed by atoms with Crippen LogP contribution in [-0.2, 0) is 11.3 Å². The molecule has 2 rings (SSSR count). The van der Waals surface area contributed by atoms with Gasteiger partial charge in [0.15, 0.2) is 11.5 Å². The largest absolute Gasteiger partial charge is 0.454 e. The molecule has 1 aliphatic rings. The first-order valence-corrected chi connectivity index (χ1v) is 6.03. The summed E-state index contributed by atoms with van der Waals surface area (Å²) in [5.41, 5.74) is 0.940. The third-order valence-electron chi connectivity index (χ3n) is 3.12. The highest BCUT2D eigenvalue weighted by atomic mass is 16.7. The summed E-state index contributed by atoms with van der Waals surface area (Å²) < 4.78 is 10.6. The SMILES string of the molecule is Cc1cc2c(cc1CNC(=O)C(C)(C)C#N)OCO2. The van der Waals surface area contributed by atoms with Gasteiger partial charge in [0.05, 0.1) is 6.07 Å². The number of hydrogen-bond acceptors (Lipinski definition) is 4. The van der Waals surface area contributed by atoms with Gasteiger partial charge in [-0.05, 0) is 44.0 Å². The summed E-state index contributed by atoms with van der Waals surface area (Å²) in [6, 6.07) is 5.72. The van der Waals surface area contributed by atoms with Gasteiger partial charge >= 0.3 is 0 Å². The molecule has 0 radical (unpaired) electrons. The lowest BCUT2D eigenvalue weighted by Crippen LogP contribution is -2.35. The molecule has 1 aromatic carbocycles. The number of fused-ring (bicyclic) bond motifs is 1. The molecule has 1 heterocycles. The third-order valence-corrected chi connectivity index (χ3v) is 3.12. The van der Waals surface area contributed by atoms with E-state index < -0.39 is 5.41 Å². The molecule has 1 aliphatic heterocycles. The second-order valence-electron chi connectivity index (χ2n) is 5.05. The van der Waals surface area contributed by atoms with Gasteiger partial charge in [-0.3, -0.25) is 4.79 Å². The lowest BCUT2D eigenvalue weighted by molar-refractivity contribution is -0.126. The van der Waals surface area contributed by atoms with Crippen molar-refractivity contribution < 1.29 is 14.3 Å². The topological polar surface area (TPSA) is 71.4 Å². The molecule has 100 valence electrons. The molecule has 1 aromatic rings. The summed E-state index contributed by atoms with van der Waals surface area (Å²) in [7, 11) is 0. The lowest BCUT2D eigenvalue weighted by Gasteiger charge is -2.16. The second-order valence-corrected chi connectivity index (χ2v) is 5.05. The maximum absolute atomic E-state index is 11.8. The average molecular weight is 260 g/mol. The Morgan fingerprint density at radius 1 is 1.42 bits per heavy atom. The molecule has 0 aliphatic carbocycles. The Balaban J connectivity index is 2.09. The van der Waals surface area contributed by atoms with E-state index in [0.717, 1.165) is 16.9 Å². The van der Waals surface area contributed by atoms with Gasteiger partial charge in [0.1, 0.15) is 5.41 Å². The number of benzene rings is 1. The molecule has 19 heavy (non-hydrogen) atoms. The van der Waals surface area contributed by atoms with Crippen LogP contribution in [0.4, 0.5) is 0 Å². The van der Waals surface area contributed by atoms with E-state index in [9.17, 15) is 4.79 Å². The molecule has 0 atom stereocenters. The highest BCUT2D eigenvalue weighted by Gasteiger charge is 2.27. The lowest BCUT2D eigenvalue weighted by atomic mass is 9.94. The van der Waals surface area contributed by atoms with Crippen LogP contribution in [0.1, 0.15) is 25.0 Å². The highest BCUT2D eigenvalue weighted by Crippen LogP contribution is 2.34. The predicted octanol–water partition coefficient (Wildman–Crippen LogP) is 1.89. The zero-order valence-corrected chi connectivity index (χ0v) is 11.2. The Morgan fingerprint density at radius 3 is 2.68 bits per heavy atom. The summed E-state index contributed by atoms with van der Waals surface area (Å²) in [5, 5.41) is 11.7. The van der Waals surface area contributed by atoms with Crippen LogP contribution >= 0.6 is 0 Å². The van der Waals surface area contributed by atoms with Gasteiger partial charge in [0.25, 0.3) is 0 Å². The van der Waals surface area contributed by atoms with E-state index in [-0.39, 0.29) is 12.7 Å². The van der Waals surface area contributed by atoms with Crippen molar-refractivity contribution >= 4 is 5.91 Å². The fourth-order valence-electron chi connectivity index (χ4n) is 1.72. The number of amides is 1. The van der Waals surface area contributed by atoms with Gasteiger partial charge in [-0.1, -0.05) is 0 Å². The Labute approximate surface area is 112 Å². The molecule has 1 N–H and O–H groups in total. The smallest absolute Gasteiger partial charge is 0.240 e. The minimum Gasteiger partial charge on any atom is -0.454 e. The van der Waals surface area contributed by atoms with Crippen molar-refractivity contribution in [3.63, 3.8) is 0 Å². The molecule has 0 unspecified atom stereocenters. The molecule has 0 spiro atoms. The number of nitrogens with one attached hydrogen (secondary N) is 1. The van der Waals surface area contributed by atoms with Crippen LogP contribution < -0.4 is 14.8 Å². The normalized spacial score (nSPS) is 12.9. The zero-order chi connectivity index (χ0) is 14.0. The number of carbonyl (C=O) groups excluding carboxylic acids is 1. The van der Waals surface area contributed by atoms with Crippen molar-refractivity contribution in [3.8, 4) is 17.6 Å². The zero-order valence-electron chi connectivity index (χ0n) is 11.2. The first kappa shape index (κ1) is 13.2. The van der Waals surface area contributed by atoms with E-state index in [2.05, 4.69) is 5.32 Å². The van der Waals surface area contributed by atoms with Crippen molar-refractivity contribution in [2.45, 2.75) is 27.3 Å².